The van der Waals surface area contributed by atoms with Crippen molar-refractivity contribution in [3.05, 3.63) is 94.4 Å². The highest BCUT2D eigenvalue weighted by molar-refractivity contribution is 7.80. The number of hydrogen-bond acceptors (Lipinski definition) is 5. The molecule has 0 fully saturated rings. The van der Waals surface area contributed by atoms with Crippen molar-refractivity contribution >= 4 is 45.4 Å². The van der Waals surface area contributed by atoms with Crippen LogP contribution in [0.2, 0.25) is 0 Å². The van der Waals surface area contributed by atoms with E-state index in [4.69, 9.17) is 17.3 Å². The molecule has 0 bridgehead atoms. The third kappa shape index (κ3) is 4.33. The second-order valence-electron chi connectivity index (χ2n) is 7.36. The van der Waals surface area contributed by atoms with Gasteiger partial charge in [-0.3, -0.25) is 9.97 Å². The molecule has 1 aliphatic rings. The Kier molecular flexibility index (Phi) is 5.69. The Bertz CT molecular complexity index is 1220. The molecule has 0 radical (unpaired) electrons. The molecule has 3 heterocycles. The molecule has 0 unspecified atom stereocenters. The van der Waals surface area contributed by atoms with Crippen molar-refractivity contribution in [1.29, 1.82) is 0 Å². The summed E-state index contributed by atoms with van der Waals surface area (Å²) in [5, 5.41) is 13.0. The van der Waals surface area contributed by atoms with Gasteiger partial charge in [-0.1, -0.05) is 42.5 Å². The third-order valence-electron chi connectivity index (χ3n) is 5.33. The first-order valence-corrected chi connectivity index (χ1v) is 11.5. The van der Waals surface area contributed by atoms with Gasteiger partial charge in [0.05, 0.1) is 27.7 Å². The molecule has 2 aromatic carbocycles. The fraction of sp³-hybridized carbons (Fsp3) is 0.167. The van der Waals surface area contributed by atoms with Crippen LogP contribution in [0.15, 0.2) is 83.5 Å². The van der Waals surface area contributed by atoms with Crippen molar-refractivity contribution < 1.29 is 0 Å². The first kappa shape index (κ1) is 19.8. The third-order valence-corrected chi connectivity index (χ3v) is 6.59. The lowest BCUT2D eigenvalue weighted by molar-refractivity contribution is 0.364. The molecule has 1 N–H and O–H groups in total. The molecule has 2 aromatic heterocycles. The number of nitrogens with zero attached hydrogens (tertiary/aromatic N) is 4. The maximum absolute atomic E-state index is 5.77. The summed E-state index contributed by atoms with van der Waals surface area (Å²) in [7, 11) is 0. The van der Waals surface area contributed by atoms with Crippen molar-refractivity contribution in [2.75, 3.05) is 6.54 Å². The fourth-order valence-corrected chi connectivity index (χ4v) is 4.77. The maximum Gasteiger partial charge on any atom is 0.190 e. The Morgan fingerprint density at radius 3 is 2.68 bits per heavy atom. The highest BCUT2D eigenvalue weighted by atomic mass is 32.1. The van der Waals surface area contributed by atoms with E-state index in [1.54, 1.807) is 23.7 Å². The normalized spacial score (nSPS) is 15.8. The zero-order chi connectivity index (χ0) is 21.0. The molecular formula is C24H21N5S2. The van der Waals surface area contributed by atoms with Gasteiger partial charge in [-0.25, -0.2) is 5.01 Å². The zero-order valence-electron chi connectivity index (χ0n) is 16.8. The lowest BCUT2D eigenvalue weighted by Crippen LogP contribution is -2.37. The van der Waals surface area contributed by atoms with Gasteiger partial charge in [0.2, 0.25) is 0 Å². The molecule has 31 heavy (non-hydrogen) atoms. The van der Waals surface area contributed by atoms with E-state index in [1.807, 2.05) is 17.1 Å². The SMILES string of the molecule is S=C(NCCc1ccccc1)N1N=C(c2cccs2)C[C@H]1c1ccc2nccnc2c1. The molecule has 0 aliphatic carbocycles. The van der Waals surface area contributed by atoms with E-state index in [9.17, 15) is 0 Å². The van der Waals surface area contributed by atoms with Gasteiger partial charge in [0.25, 0.3) is 0 Å². The van der Waals surface area contributed by atoms with Gasteiger partial charge in [-0.15, -0.1) is 11.3 Å². The van der Waals surface area contributed by atoms with Crippen LogP contribution >= 0.6 is 23.6 Å². The zero-order valence-corrected chi connectivity index (χ0v) is 18.4. The summed E-state index contributed by atoms with van der Waals surface area (Å²) in [5.74, 6) is 0. The minimum absolute atomic E-state index is 0.0280. The summed E-state index contributed by atoms with van der Waals surface area (Å²) in [6.07, 6.45) is 5.15. The Labute approximate surface area is 190 Å². The minimum atomic E-state index is 0.0280. The summed E-state index contributed by atoms with van der Waals surface area (Å²) >= 11 is 7.47. The minimum Gasteiger partial charge on any atom is -0.361 e. The van der Waals surface area contributed by atoms with Crippen LogP contribution in [0, 0.1) is 0 Å². The largest absolute Gasteiger partial charge is 0.361 e. The summed E-state index contributed by atoms with van der Waals surface area (Å²) in [4.78, 5) is 10.0. The highest BCUT2D eigenvalue weighted by Gasteiger charge is 2.32. The van der Waals surface area contributed by atoms with E-state index in [0.29, 0.717) is 5.11 Å². The number of benzene rings is 2. The van der Waals surface area contributed by atoms with Crippen molar-refractivity contribution in [3.8, 4) is 0 Å². The first-order chi connectivity index (χ1) is 15.3. The van der Waals surface area contributed by atoms with E-state index in [-0.39, 0.29) is 6.04 Å². The summed E-state index contributed by atoms with van der Waals surface area (Å²) in [5.41, 5.74) is 5.25. The molecule has 1 atom stereocenters. The molecular weight excluding hydrogens is 422 g/mol. The number of nitrogens with one attached hydrogen (secondary N) is 1. The van der Waals surface area contributed by atoms with Gasteiger partial charge in [0.15, 0.2) is 5.11 Å². The number of aromatic nitrogens is 2. The standard InChI is InChI=1S/C24H21N5S2/c30-24(27-11-10-17-5-2-1-3-6-17)29-22(16-21(28-29)23-7-4-14-31-23)18-8-9-19-20(15-18)26-13-12-25-19/h1-9,12-15,22H,10-11,16H2,(H,27,30)/t22-/m0/s1. The van der Waals surface area contributed by atoms with Gasteiger partial charge in [-0.2, -0.15) is 5.10 Å². The second-order valence-corrected chi connectivity index (χ2v) is 8.69. The van der Waals surface area contributed by atoms with Crippen molar-refractivity contribution in [2.24, 2.45) is 5.10 Å². The quantitative estimate of drug-likeness (QED) is 0.442. The Morgan fingerprint density at radius 2 is 1.87 bits per heavy atom. The number of thiocarbonyl (C=S) groups is 1. The van der Waals surface area contributed by atoms with Gasteiger partial charge in [0.1, 0.15) is 0 Å². The van der Waals surface area contributed by atoms with Gasteiger partial charge in [0, 0.05) is 25.4 Å². The van der Waals surface area contributed by atoms with Crippen molar-refractivity contribution in [3.63, 3.8) is 0 Å². The van der Waals surface area contributed by atoms with E-state index in [0.717, 1.165) is 41.7 Å². The van der Waals surface area contributed by atoms with E-state index < -0.39 is 0 Å². The molecule has 1 aliphatic heterocycles. The smallest absolute Gasteiger partial charge is 0.190 e. The van der Waals surface area contributed by atoms with Crippen LogP contribution in [0.4, 0.5) is 0 Å². The molecule has 0 saturated carbocycles. The molecule has 7 heteroatoms. The number of hydrazone groups is 1. The summed E-state index contributed by atoms with van der Waals surface area (Å²) in [6, 6.07) is 20.8. The van der Waals surface area contributed by atoms with Crippen LogP contribution in [0.1, 0.15) is 28.5 Å². The van der Waals surface area contributed by atoms with E-state index in [1.165, 1.54) is 10.4 Å². The lowest BCUT2D eigenvalue weighted by atomic mass is 10.0. The molecule has 5 rings (SSSR count). The maximum atomic E-state index is 5.77. The van der Waals surface area contributed by atoms with Gasteiger partial charge < -0.3 is 5.32 Å². The van der Waals surface area contributed by atoms with Crippen LogP contribution in [-0.4, -0.2) is 32.3 Å². The molecule has 5 nitrogen and oxygen atoms in total. The number of rotatable bonds is 5. The van der Waals surface area contributed by atoms with Crippen LogP contribution in [-0.2, 0) is 6.42 Å². The Hall–Kier alpha value is -3.16. The van der Waals surface area contributed by atoms with Gasteiger partial charge >= 0.3 is 0 Å². The lowest BCUT2D eigenvalue weighted by Gasteiger charge is -2.25. The van der Waals surface area contributed by atoms with Crippen LogP contribution in [0.5, 0.6) is 0 Å². The Morgan fingerprint density at radius 1 is 1.03 bits per heavy atom. The average Bonchev–Trinajstić information content (AvgIpc) is 3.50. The van der Waals surface area contributed by atoms with Gasteiger partial charge in [-0.05, 0) is 53.3 Å². The monoisotopic (exact) mass is 443 g/mol. The molecule has 0 saturated heterocycles. The van der Waals surface area contributed by atoms with Crippen LogP contribution in [0.3, 0.4) is 0 Å². The molecule has 4 aromatic rings. The van der Waals surface area contributed by atoms with E-state index in [2.05, 4.69) is 69.2 Å². The average molecular weight is 444 g/mol. The van der Waals surface area contributed by atoms with Crippen LogP contribution in [0.25, 0.3) is 11.0 Å². The van der Waals surface area contributed by atoms with Crippen molar-refractivity contribution in [2.45, 2.75) is 18.9 Å². The molecule has 0 spiro atoms. The first-order valence-electron chi connectivity index (χ1n) is 10.2. The molecule has 154 valence electrons. The van der Waals surface area contributed by atoms with Crippen molar-refractivity contribution in [1.82, 2.24) is 20.3 Å². The fourth-order valence-electron chi connectivity index (χ4n) is 3.78. The molecule has 0 amide bonds. The highest BCUT2D eigenvalue weighted by Crippen LogP contribution is 2.34. The summed E-state index contributed by atoms with van der Waals surface area (Å²) < 4.78 is 0. The second kappa shape index (κ2) is 8.91. The number of thiophene rings is 1. The summed E-state index contributed by atoms with van der Waals surface area (Å²) in [6.45, 7) is 0.763. The van der Waals surface area contributed by atoms with Crippen LogP contribution < -0.4 is 5.32 Å². The predicted molar refractivity (Wildman–Crippen MR) is 130 cm³/mol. The van der Waals surface area contributed by atoms with E-state index >= 15 is 0 Å². The number of fused-ring (bicyclic) bond motifs is 1. The predicted octanol–water partition coefficient (Wildman–Crippen LogP) is 4.96. The number of hydrogen-bond donors (Lipinski definition) is 1. The Balaban J connectivity index is 1.38. The topological polar surface area (TPSA) is 53.4 Å².